The molecule has 0 aromatic rings. The van der Waals surface area contributed by atoms with E-state index >= 15 is 0 Å². The Labute approximate surface area is 286 Å². The first-order valence-electron chi connectivity index (χ1n) is 17.6. The number of rotatable bonds is 14. The first kappa shape index (κ1) is 38.1. The number of nitrogens with two attached hydrogens (primary N) is 1. The number of carbonyl (C=O) groups is 5. The van der Waals surface area contributed by atoms with Crippen LogP contribution >= 0.6 is 0 Å². The summed E-state index contributed by atoms with van der Waals surface area (Å²) in [5.74, 6) is -2.66. The molecule has 4 aliphatic rings. The molecule has 14 heteroatoms. The molecule has 5 N–H and O–H groups in total. The molecule has 1 unspecified atom stereocenters. The van der Waals surface area contributed by atoms with Gasteiger partial charge in [0, 0.05) is 26.2 Å². The van der Waals surface area contributed by atoms with E-state index < -0.39 is 68.6 Å². The number of urea groups is 1. The van der Waals surface area contributed by atoms with Crippen LogP contribution in [0.4, 0.5) is 4.79 Å². The topological polar surface area (TPSA) is 188 Å². The molecular formula is C34H58N6O7S. The zero-order valence-electron chi connectivity index (χ0n) is 30.1. The number of sulfonamides is 1. The van der Waals surface area contributed by atoms with Crippen LogP contribution in [-0.4, -0.2) is 97.2 Å². The number of carbonyl (C=O) groups excluding carboxylic acids is 5. The van der Waals surface area contributed by atoms with Gasteiger partial charge in [0.15, 0.2) is 0 Å². The molecule has 1 aliphatic heterocycles. The van der Waals surface area contributed by atoms with Gasteiger partial charge in [-0.2, -0.15) is 0 Å². The monoisotopic (exact) mass is 694 g/mol. The molecule has 6 atom stereocenters. The summed E-state index contributed by atoms with van der Waals surface area (Å²) < 4.78 is 26.3. The Kier molecular flexibility index (Phi) is 11.0. The number of likely N-dealkylation sites (N-methyl/N-ethyl adjacent to an activating group) is 1. The summed E-state index contributed by atoms with van der Waals surface area (Å²) in [6, 6.07) is -4.00. The van der Waals surface area contributed by atoms with Crippen LogP contribution in [0.5, 0.6) is 0 Å². The van der Waals surface area contributed by atoms with E-state index in [1.807, 2.05) is 27.7 Å². The average Bonchev–Trinajstić information content (AvgIpc) is 3.85. The van der Waals surface area contributed by atoms with Gasteiger partial charge in [0.2, 0.25) is 27.6 Å². The van der Waals surface area contributed by atoms with Crippen molar-refractivity contribution in [2.75, 3.05) is 25.9 Å². The molecule has 3 saturated carbocycles. The van der Waals surface area contributed by atoms with E-state index in [1.54, 1.807) is 11.8 Å². The molecular weight excluding hydrogens is 636 g/mol. The largest absolute Gasteiger partial charge is 0.363 e. The second kappa shape index (κ2) is 13.9. The second-order valence-corrected chi connectivity index (χ2v) is 19.1. The van der Waals surface area contributed by atoms with Gasteiger partial charge in [-0.25, -0.2) is 17.5 Å². The fourth-order valence-corrected chi connectivity index (χ4v) is 8.78. The first-order chi connectivity index (χ1) is 22.1. The van der Waals surface area contributed by atoms with E-state index in [-0.39, 0.29) is 41.4 Å². The van der Waals surface area contributed by atoms with Crippen LogP contribution in [0.2, 0.25) is 0 Å². The summed E-state index contributed by atoms with van der Waals surface area (Å²) in [5, 5.41) is 8.76. The number of hydrogen-bond donors (Lipinski definition) is 4. The second-order valence-electron chi connectivity index (χ2n) is 16.7. The van der Waals surface area contributed by atoms with Gasteiger partial charge in [-0.15, -0.1) is 0 Å². The number of fused-ring (bicyclic) bond motifs is 1. The molecule has 1 saturated heterocycles. The Bertz CT molecular complexity index is 1380. The Hall–Kier alpha value is -2.74. The van der Waals surface area contributed by atoms with Crippen molar-refractivity contribution < 1.29 is 32.4 Å². The molecule has 0 aromatic carbocycles. The van der Waals surface area contributed by atoms with Crippen molar-refractivity contribution in [1.29, 1.82) is 0 Å². The molecule has 0 spiro atoms. The van der Waals surface area contributed by atoms with Crippen LogP contribution in [0.3, 0.4) is 0 Å². The van der Waals surface area contributed by atoms with E-state index in [1.165, 1.54) is 11.4 Å². The summed E-state index contributed by atoms with van der Waals surface area (Å²) in [4.78, 5) is 68.6. The maximum atomic E-state index is 14.7. The Morgan fingerprint density at radius 1 is 0.979 bits per heavy atom. The third-order valence-electron chi connectivity index (χ3n) is 11.7. The maximum Gasteiger partial charge on any atom is 0.315 e. The Morgan fingerprint density at radius 2 is 1.58 bits per heavy atom. The summed E-state index contributed by atoms with van der Waals surface area (Å²) in [7, 11) is -2.00. The number of likely N-dealkylation sites (tertiary alicyclic amines) is 1. The number of amides is 5. The molecule has 0 bridgehead atoms. The van der Waals surface area contributed by atoms with Crippen LogP contribution < -0.4 is 21.7 Å². The highest BCUT2D eigenvalue weighted by Crippen LogP contribution is 2.65. The highest BCUT2D eigenvalue weighted by Gasteiger charge is 2.70. The SMILES string of the molecule is CCS(=O)(=O)N(C)C[C@@H](NC(=O)N[C@H](C(=O)N1C[C@H]2[C@@H]([C@H]1C(=O)NC(CC1CC1)C(=O)C(N)=O)C2(C)C)C1(C)CCCCC1)C(C)(C)C. The molecule has 0 radical (unpaired) electrons. The smallest absolute Gasteiger partial charge is 0.315 e. The predicted octanol–water partition coefficient (Wildman–Crippen LogP) is 2.14. The Balaban J connectivity index is 1.59. The van der Waals surface area contributed by atoms with Crippen LogP contribution in [0.15, 0.2) is 0 Å². The molecule has 4 fully saturated rings. The highest BCUT2D eigenvalue weighted by atomic mass is 32.2. The lowest BCUT2D eigenvalue weighted by molar-refractivity contribution is -0.145. The molecule has 13 nitrogen and oxygen atoms in total. The number of piperidine rings is 1. The van der Waals surface area contributed by atoms with Crippen molar-refractivity contribution in [1.82, 2.24) is 25.2 Å². The number of nitrogens with one attached hydrogen (secondary N) is 3. The third-order valence-corrected chi connectivity index (χ3v) is 13.6. The normalized spacial score (nSPS) is 26.5. The lowest BCUT2D eigenvalue weighted by Gasteiger charge is -2.43. The van der Waals surface area contributed by atoms with E-state index in [2.05, 4.69) is 29.8 Å². The highest BCUT2D eigenvalue weighted by molar-refractivity contribution is 7.89. The van der Waals surface area contributed by atoms with E-state index in [0.29, 0.717) is 25.8 Å². The van der Waals surface area contributed by atoms with Gasteiger partial charge in [0.1, 0.15) is 12.1 Å². The van der Waals surface area contributed by atoms with Crippen LogP contribution in [-0.2, 0) is 29.2 Å². The molecule has 3 aliphatic carbocycles. The van der Waals surface area contributed by atoms with Gasteiger partial charge in [0.05, 0.1) is 11.8 Å². The van der Waals surface area contributed by atoms with Crippen molar-refractivity contribution in [3.63, 3.8) is 0 Å². The molecule has 4 rings (SSSR count). The van der Waals surface area contributed by atoms with E-state index in [4.69, 9.17) is 5.73 Å². The number of nitrogens with zero attached hydrogens (tertiary/aromatic N) is 2. The first-order valence-corrected chi connectivity index (χ1v) is 19.2. The third kappa shape index (κ3) is 8.17. The quantitative estimate of drug-likeness (QED) is 0.201. The number of ketones is 1. The fraction of sp³-hybridized carbons (Fsp3) is 0.853. The molecule has 48 heavy (non-hydrogen) atoms. The van der Waals surface area contributed by atoms with E-state index in [9.17, 15) is 32.4 Å². The van der Waals surface area contributed by atoms with Crippen molar-refractivity contribution in [2.45, 2.75) is 124 Å². The minimum Gasteiger partial charge on any atom is -0.363 e. The van der Waals surface area contributed by atoms with Gasteiger partial charge in [-0.05, 0) is 60.2 Å². The van der Waals surface area contributed by atoms with Gasteiger partial charge in [-0.3, -0.25) is 19.2 Å². The van der Waals surface area contributed by atoms with Crippen LogP contribution in [0.1, 0.15) is 99.8 Å². The summed E-state index contributed by atoms with van der Waals surface area (Å²) in [6.45, 7) is 13.8. The van der Waals surface area contributed by atoms with Gasteiger partial charge in [0.25, 0.3) is 5.91 Å². The van der Waals surface area contributed by atoms with Crippen molar-refractivity contribution >= 4 is 39.6 Å². The van der Waals surface area contributed by atoms with E-state index in [0.717, 1.165) is 32.1 Å². The van der Waals surface area contributed by atoms with Crippen molar-refractivity contribution in [2.24, 2.45) is 39.7 Å². The Morgan fingerprint density at radius 3 is 2.10 bits per heavy atom. The number of hydrogen-bond acceptors (Lipinski definition) is 7. The molecule has 5 amide bonds. The van der Waals surface area contributed by atoms with Gasteiger partial charge < -0.3 is 26.6 Å². The molecule has 0 aromatic heterocycles. The predicted molar refractivity (Wildman–Crippen MR) is 182 cm³/mol. The average molecular weight is 695 g/mol. The lowest BCUT2D eigenvalue weighted by Crippen LogP contribution is -2.63. The summed E-state index contributed by atoms with van der Waals surface area (Å²) in [6.07, 6.45) is 6.40. The van der Waals surface area contributed by atoms with Crippen molar-refractivity contribution in [3.8, 4) is 0 Å². The number of primary amides is 1. The zero-order chi connectivity index (χ0) is 36.0. The summed E-state index contributed by atoms with van der Waals surface area (Å²) in [5.41, 5.74) is 4.05. The fourth-order valence-electron chi connectivity index (χ4n) is 7.97. The molecule has 1 heterocycles. The lowest BCUT2D eigenvalue weighted by atomic mass is 9.70. The summed E-state index contributed by atoms with van der Waals surface area (Å²) >= 11 is 0. The van der Waals surface area contributed by atoms with Crippen LogP contribution in [0, 0.1) is 34.0 Å². The zero-order valence-corrected chi connectivity index (χ0v) is 30.9. The van der Waals surface area contributed by atoms with Crippen molar-refractivity contribution in [3.05, 3.63) is 0 Å². The van der Waals surface area contributed by atoms with Gasteiger partial charge >= 0.3 is 6.03 Å². The maximum absolute atomic E-state index is 14.7. The minimum atomic E-state index is -3.50. The van der Waals surface area contributed by atoms with Crippen LogP contribution in [0.25, 0.3) is 0 Å². The minimum absolute atomic E-state index is 0.0574. The molecule has 272 valence electrons. The standard InChI is InChI=1S/C34H58N6O7S/c1-9-48(46,47)39(8)19-23(32(2,3)4)37-31(45)38-27(34(7)15-11-10-12-16-34)30(44)40-18-21-24(33(21,5)6)25(40)29(43)36-22(17-20-13-14-20)26(41)28(35)42/h20-25,27H,9-19H2,1-8H3,(H2,35,42)(H,36,43)(H2,37,38,45)/t21-,22?,23+,24-,25-,27+/m0/s1. The number of Topliss-reactive ketones (excluding diaryl/α,β-unsaturated/α-hetero) is 1. The van der Waals surface area contributed by atoms with Gasteiger partial charge in [-0.1, -0.05) is 73.6 Å².